The Morgan fingerprint density at radius 1 is 1.10 bits per heavy atom. The third kappa shape index (κ3) is 6.77. The molecule has 1 aliphatic heterocycles. The zero-order chi connectivity index (χ0) is 34.0. The first-order valence-electron chi connectivity index (χ1n) is 15.9. The molecule has 6 rings (SSSR count). The molecule has 0 spiro atoms. The lowest BCUT2D eigenvalue weighted by Gasteiger charge is -2.42. The Hall–Kier alpha value is -3.68. The lowest BCUT2D eigenvalue weighted by Crippen LogP contribution is -2.54. The molecular formula is C36H38BrN3O6S2. The highest BCUT2D eigenvalue weighted by atomic mass is 79.9. The molecule has 12 heteroatoms. The van der Waals surface area contributed by atoms with E-state index in [9.17, 15) is 18.3 Å². The molecule has 48 heavy (non-hydrogen) atoms. The SMILES string of the molecule is CCOC(O)c1oc2ccc(S(=O)(=O)N(CCc3ccccc3)c3ccccc3N3CCN(C(=O)c4sccc4Br)C[C@H]3C)cc2c1C. The van der Waals surface area contributed by atoms with Crippen molar-refractivity contribution >= 4 is 65.5 Å². The molecule has 3 aromatic carbocycles. The topological polar surface area (TPSA) is 104 Å². The van der Waals surface area contributed by atoms with Crippen LogP contribution in [0.25, 0.3) is 11.0 Å². The third-order valence-corrected chi connectivity index (χ3v) is 12.3. The smallest absolute Gasteiger partial charge is 0.265 e. The van der Waals surface area contributed by atoms with Crippen molar-refractivity contribution < 1.29 is 27.5 Å². The quantitative estimate of drug-likeness (QED) is 0.141. The Morgan fingerprint density at radius 2 is 1.85 bits per heavy atom. The summed E-state index contributed by atoms with van der Waals surface area (Å²) in [5, 5.41) is 12.9. The van der Waals surface area contributed by atoms with Crippen molar-refractivity contribution in [3.63, 3.8) is 0 Å². The summed E-state index contributed by atoms with van der Waals surface area (Å²) in [4.78, 5) is 18.2. The van der Waals surface area contributed by atoms with Gasteiger partial charge in [0.05, 0.1) is 16.3 Å². The van der Waals surface area contributed by atoms with Gasteiger partial charge >= 0.3 is 0 Å². The number of hydrogen-bond acceptors (Lipinski definition) is 8. The second-order valence-electron chi connectivity index (χ2n) is 11.7. The van der Waals surface area contributed by atoms with Gasteiger partial charge in [-0.25, -0.2) is 8.42 Å². The fourth-order valence-corrected chi connectivity index (χ4v) is 9.24. The van der Waals surface area contributed by atoms with Crippen LogP contribution in [0.5, 0.6) is 0 Å². The van der Waals surface area contributed by atoms with E-state index in [1.54, 1.807) is 32.0 Å². The van der Waals surface area contributed by atoms with Crippen molar-refractivity contribution in [3.8, 4) is 0 Å². The number of furan rings is 1. The van der Waals surface area contributed by atoms with E-state index >= 15 is 0 Å². The lowest BCUT2D eigenvalue weighted by atomic mass is 10.1. The number of nitrogens with zero attached hydrogens (tertiary/aromatic N) is 3. The van der Waals surface area contributed by atoms with Crippen LogP contribution in [0.4, 0.5) is 11.4 Å². The molecule has 1 amide bonds. The highest BCUT2D eigenvalue weighted by molar-refractivity contribution is 9.10. The van der Waals surface area contributed by atoms with E-state index in [1.165, 1.54) is 15.6 Å². The number of ether oxygens (including phenoxy) is 1. The van der Waals surface area contributed by atoms with Gasteiger partial charge in [-0.05, 0) is 90.5 Å². The number of benzene rings is 3. The normalized spacial score (nSPS) is 16.0. The average Bonchev–Trinajstić information content (AvgIpc) is 3.67. The van der Waals surface area contributed by atoms with Crippen LogP contribution in [0.1, 0.15) is 46.7 Å². The second-order valence-corrected chi connectivity index (χ2v) is 15.4. The Balaban J connectivity index is 1.36. The fourth-order valence-electron chi connectivity index (χ4n) is 6.23. The first-order valence-corrected chi connectivity index (χ1v) is 19.0. The number of carbonyl (C=O) groups is 1. The minimum absolute atomic E-state index is 0.00871. The summed E-state index contributed by atoms with van der Waals surface area (Å²) in [6.07, 6.45) is -0.749. The van der Waals surface area contributed by atoms with Crippen LogP contribution in [-0.2, 0) is 21.2 Å². The van der Waals surface area contributed by atoms with Gasteiger partial charge in [-0.2, -0.15) is 0 Å². The van der Waals surface area contributed by atoms with Crippen molar-refractivity contribution in [2.45, 2.75) is 44.4 Å². The zero-order valence-corrected chi connectivity index (χ0v) is 30.2. The van der Waals surface area contributed by atoms with Crippen LogP contribution in [0.15, 0.2) is 98.0 Å². The van der Waals surface area contributed by atoms with Crippen LogP contribution < -0.4 is 9.21 Å². The summed E-state index contributed by atoms with van der Waals surface area (Å²) in [6, 6.07) is 24.0. The molecule has 1 aliphatic rings. The van der Waals surface area contributed by atoms with E-state index in [4.69, 9.17) is 9.15 Å². The van der Waals surface area contributed by atoms with Crippen molar-refractivity contribution in [3.05, 3.63) is 110 Å². The summed E-state index contributed by atoms with van der Waals surface area (Å²) in [5.41, 5.74) is 3.46. The molecule has 1 unspecified atom stereocenters. The fraction of sp³-hybridized carbons (Fsp3) is 0.306. The standard InChI is InChI=1S/C36H38BrN3O6S2/c1-4-45-36(42)33-25(3)28-22-27(14-15-32(28)46-33)48(43,44)40(18-16-26-10-6-5-7-11-26)31-13-9-8-12-30(31)39-20-19-38(23-24(39)2)35(41)34-29(37)17-21-47-34/h5-15,17,21-22,24,36,42H,4,16,18-20,23H2,1-3H3/t24-,36?/m1/s1. The number of aryl methyl sites for hydroxylation is 1. The van der Waals surface area contributed by atoms with Gasteiger partial charge in [-0.1, -0.05) is 42.5 Å². The summed E-state index contributed by atoms with van der Waals surface area (Å²) >= 11 is 4.91. The van der Waals surface area contributed by atoms with E-state index in [-0.39, 0.29) is 29.1 Å². The summed E-state index contributed by atoms with van der Waals surface area (Å²) in [7, 11) is -4.09. The molecule has 3 heterocycles. The Labute approximate surface area is 293 Å². The number of halogens is 1. The van der Waals surface area contributed by atoms with Crippen molar-refractivity contribution in [1.82, 2.24) is 4.90 Å². The van der Waals surface area contributed by atoms with Crippen LogP contribution in [0.2, 0.25) is 0 Å². The van der Waals surface area contributed by atoms with Crippen molar-refractivity contribution in [2.24, 2.45) is 0 Å². The molecular weight excluding hydrogens is 714 g/mol. The Bertz CT molecular complexity index is 2010. The number of sulfonamides is 1. The number of piperazine rings is 1. The Kier molecular flexibility index (Phi) is 10.3. The highest BCUT2D eigenvalue weighted by Crippen LogP contribution is 2.38. The number of fused-ring (bicyclic) bond motifs is 1. The number of anilines is 2. The number of hydrogen-bond donors (Lipinski definition) is 1. The van der Waals surface area contributed by atoms with E-state index in [2.05, 4.69) is 27.8 Å². The average molecular weight is 753 g/mol. The van der Waals surface area contributed by atoms with Crippen LogP contribution in [0.3, 0.4) is 0 Å². The molecule has 252 valence electrons. The molecule has 2 aromatic heterocycles. The maximum absolute atomic E-state index is 14.7. The molecule has 5 aromatic rings. The maximum Gasteiger partial charge on any atom is 0.265 e. The third-order valence-electron chi connectivity index (χ3n) is 8.71. The monoisotopic (exact) mass is 751 g/mol. The molecule has 1 N–H and O–H groups in total. The number of rotatable bonds is 11. The van der Waals surface area contributed by atoms with E-state index in [1.807, 2.05) is 70.9 Å². The molecule has 1 fully saturated rings. The first kappa shape index (κ1) is 34.2. The molecule has 0 aliphatic carbocycles. The van der Waals surface area contributed by atoms with E-state index in [0.717, 1.165) is 15.7 Å². The van der Waals surface area contributed by atoms with Crippen LogP contribution >= 0.6 is 27.3 Å². The number of carbonyl (C=O) groups excluding carboxylic acids is 1. The first-order chi connectivity index (χ1) is 23.1. The summed E-state index contributed by atoms with van der Waals surface area (Å²) in [6.45, 7) is 7.68. The zero-order valence-electron chi connectivity index (χ0n) is 27.0. The maximum atomic E-state index is 14.7. The summed E-state index contributed by atoms with van der Waals surface area (Å²) < 4.78 is 42.9. The van der Waals surface area contributed by atoms with Crippen LogP contribution in [0, 0.1) is 6.92 Å². The lowest BCUT2D eigenvalue weighted by molar-refractivity contribution is -0.110. The minimum Gasteiger partial charge on any atom is -0.455 e. The number of aliphatic hydroxyl groups excluding tert-OH is 1. The molecule has 1 saturated heterocycles. The van der Waals surface area contributed by atoms with Gasteiger partial charge in [0.25, 0.3) is 15.9 Å². The molecule has 0 bridgehead atoms. The van der Waals surface area contributed by atoms with Gasteiger partial charge < -0.3 is 24.1 Å². The van der Waals surface area contributed by atoms with Gasteiger partial charge in [0.1, 0.15) is 10.5 Å². The predicted octanol–water partition coefficient (Wildman–Crippen LogP) is 7.38. The summed E-state index contributed by atoms with van der Waals surface area (Å²) in [5.74, 6) is 0.247. The number of para-hydroxylation sites is 2. The molecule has 9 nitrogen and oxygen atoms in total. The van der Waals surface area contributed by atoms with Gasteiger partial charge in [0.2, 0.25) is 6.29 Å². The van der Waals surface area contributed by atoms with E-state index < -0.39 is 16.3 Å². The van der Waals surface area contributed by atoms with Crippen molar-refractivity contribution in [2.75, 3.05) is 42.0 Å². The predicted molar refractivity (Wildman–Crippen MR) is 193 cm³/mol. The van der Waals surface area contributed by atoms with Crippen molar-refractivity contribution in [1.29, 1.82) is 0 Å². The van der Waals surface area contributed by atoms with Gasteiger partial charge in [-0.3, -0.25) is 9.10 Å². The largest absolute Gasteiger partial charge is 0.455 e. The van der Waals surface area contributed by atoms with Gasteiger partial charge in [0.15, 0.2) is 5.76 Å². The Morgan fingerprint density at radius 3 is 2.56 bits per heavy atom. The van der Waals surface area contributed by atoms with Gasteiger partial charge in [0, 0.05) is 54.3 Å². The van der Waals surface area contributed by atoms with E-state index in [0.29, 0.717) is 59.8 Å². The number of aliphatic hydroxyl groups is 1. The number of amides is 1. The molecule has 0 radical (unpaired) electrons. The highest BCUT2D eigenvalue weighted by Gasteiger charge is 2.33. The van der Waals surface area contributed by atoms with Crippen LogP contribution in [-0.4, -0.2) is 63.2 Å². The second kappa shape index (κ2) is 14.4. The number of thiophene rings is 1. The molecule has 0 saturated carbocycles. The minimum atomic E-state index is -4.09. The van der Waals surface area contributed by atoms with Gasteiger partial charge in [-0.15, -0.1) is 11.3 Å². The molecule has 2 atom stereocenters.